The van der Waals surface area contributed by atoms with Crippen LogP contribution in [0.2, 0.25) is 0 Å². The summed E-state index contributed by atoms with van der Waals surface area (Å²) in [4.78, 5) is 14.3. The molecular weight excluding hydrogens is 238 g/mol. The number of furan rings is 1. The molecule has 0 bridgehead atoms. The summed E-state index contributed by atoms with van der Waals surface area (Å²) < 4.78 is 5.81. The van der Waals surface area contributed by atoms with Crippen LogP contribution in [0.3, 0.4) is 0 Å². The zero-order valence-corrected chi connectivity index (χ0v) is 7.91. The lowest BCUT2D eigenvalue weighted by molar-refractivity contribution is 0.0690. The first-order valence-electron chi connectivity index (χ1n) is 3.44. The van der Waals surface area contributed by atoms with Crippen LogP contribution in [0, 0.1) is 0 Å². The average molecular weight is 242 g/mol. The molecule has 4 nitrogen and oxygen atoms in total. The number of halogens is 1. The Balaban J connectivity index is 2.72. The summed E-state index contributed by atoms with van der Waals surface area (Å²) in [6, 6.07) is 1.46. The molecule has 0 aromatic carbocycles. The molecule has 2 aromatic rings. The second-order valence-corrected chi connectivity index (χ2v) is 3.31. The van der Waals surface area contributed by atoms with Gasteiger partial charge < -0.3 is 9.52 Å². The predicted molar refractivity (Wildman–Crippen MR) is 48.7 cm³/mol. The highest BCUT2D eigenvalue weighted by molar-refractivity contribution is 9.10. The van der Waals surface area contributed by atoms with E-state index in [-0.39, 0.29) is 5.69 Å². The Bertz CT molecular complexity index is 477. The van der Waals surface area contributed by atoms with Gasteiger partial charge in [-0.3, -0.25) is 0 Å². The molecule has 13 heavy (non-hydrogen) atoms. The van der Waals surface area contributed by atoms with E-state index in [0.717, 1.165) is 4.47 Å². The first-order valence-corrected chi connectivity index (χ1v) is 4.24. The molecule has 0 fully saturated rings. The van der Waals surface area contributed by atoms with E-state index < -0.39 is 5.97 Å². The largest absolute Gasteiger partial charge is 0.477 e. The third-order valence-electron chi connectivity index (χ3n) is 1.63. The molecule has 5 heteroatoms. The van der Waals surface area contributed by atoms with Gasteiger partial charge in [0.1, 0.15) is 12.0 Å². The lowest BCUT2D eigenvalue weighted by atomic mass is 10.3. The van der Waals surface area contributed by atoms with Gasteiger partial charge in [-0.1, -0.05) is 0 Å². The summed E-state index contributed by atoms with van der Waals surface area (Å²) >= 11 is 3.24. The Morgan fingerprint density at radius 2 is 2.38 bits per heavy atom. The first-order chi connectivity index (χ1) is 6.18. The van der Waals surface area contributed by atoms with E-state index in [4.69, 9.17) is 9.52 Å². The number of rotatable bonds is 1. The summed E-state index contributed by atoms with van der Waals surface area (Å²) in [6.07, 6.45) is 2.89. The Labute approximate surface area is 81.3 Å². The topological polar surface area (TPSA) is 63.3 Å². The third-order valence-corrected chi connectivity index (χ3v) is 2.25. The molecule has 0 saturated heterocycles. The number of aromatic carboxylic acids is 1. The normalized spacial score (nSPS) is 10.5. The minimum Gasteiger partial charge on any atom is -0.477 e. The van der Waals surface area contributed by atoms with Crippen molar-refractivity contribution in [1.29, 1.82) is 0 Å². The molecule has 2 aromatic heterocycles. The van der Waals surface area contributed by atoms with Crippen molar-refractivity contribution in [2.75, 3.05) is 0 Å². The lowest BCUT2D eigenvalue weighted by Gasteiger charge is -1.92. The number of fused-ring (bicyclic) bond motifs is 1. The van der Waals surface area contributed by atoms with Crippen LogP contribution in [0.5, 0.6) is 0 Å². The predicted octanol–water partition coefficient (Wildman–Crippen LogP) is 2.29. The summed E-state index contributed by atoms with van der Waals surface area (Å²) in [5.74, 6) is -1.05. The van der Waals surface area contributed by atoms with E-state index in [2.05, 4.69) is 20.9 Å². The maximum Gasteiger partial charge on any atom is 0.354 e. The van der Waals surface area contributed by atoms with Crippen LogP contribution in [0.1, 0.15) is 10.5 Å². The number of nitrogens with zero attached hydrogens (tertiary/aromatic N) is 1. The first kappa shape index (κ1) is 8.25. The molecule has 0 atom stereocenters. The van der Waals surface area contributed by atoms with Crippen LogP contribution < -0.4 is 0 Å². The third kappa shape index (κ3) is 1.31. The van der Waals surface area contributed by atoms with E-state index in [9.17, 15) is 4.79 Å². The molecule has 2 heterocycles. The van der Waals surface area contributed by atoms with E-state index in [1.807, 2.05) is 0 Å². The molecule has 0 aliphatic rings. The van der Waals surface area contributed by atoms with Gasteiger partial charge in [-0.2, -0.15) is 0 Å². The van der Waals surface area contributed by atoms with Gasteiger partial charge in [0.25, 0.3) is 0 Å². The molecule has 0 aliphatic heterocycles. The summed E-state index contributed by atoms with van der Waals surface area (Å²) in [5.41, 5.74) is 0.575. The Morgan fingerprint density at radius 3 is 3.08 bits per heavy atom. The average Bonchev–Trinajstić information content (AvgIpc) is 2.47. The van der Waals surface area contributed by atoms with Gasteiger partial charge in [0.2, 0.25) is 0 Å². The maximum absolute atomic E-state index is 10.6. The fourth-order valence-electron chi connectivity index (χ4n) is 1.02. The molecular formula is C8H4BrNO3. The van der Waals surface area contributed by atoms with Crippen LogP contribution in [-0.4, -0.2) is 16.1 Å². The van der Waals surface area contributed by atoms with E-state index in [0.29, 0.717) is 11.0 Å². The number of hydrogen-bond donors (Lipinski definition) is 1. The number of hydrogen-bond acceptors (Lipinski definition) is 3. The molecule has 66 valence electrons. The van der Waals surface area contributed by atoms with Crippen LogP contribution >= 0.6 is 15.9 Å². The summed E-state index contributed by atoms with van der Waals surface area (Å²) in [5, 5.41) is 9.38. The van der Waals surface area contributed by atoms with E-state index >= 15 is 0 Å². The SMILES string of the molecule is O=C(O)c1cc2c(Br)coc2cn1. The standard InChI is InChI=1S/C8H4BrNO3/c9-5-3-13-7-2-10-6(8(11)12)1-4(5)7/h1-3H,(H,11,12). The summed E-state index contributed by atoms with van der Waals surface area (Å²) in [6.45, 7) is 0. The number of pyridine rings is 1. The second-order valence-electron chi connectivity index (χ2n) is 2.45. The molecule has 0 saturated carbocycles. The van der Waals surface area contributed by atoms with Crippen molar-refractivity contribution in [3.8, 4) is 0 Å². The van der Waals surface area contributed by atoms with Gasteiger partial charge in [-0.15, -0.1) is 0 Å². The van der Waals surface area contributed by atoms with Crippen molar-refractivity contribution in [3.63, 3.8) is 0 Å². The van der Waals surface area contributed by atoms with Gasteiger partial charge >= 0.3 is 5.97 Å². The molecule has 0 spiro atoms. The van der Waals surface area contributed by atoms with Gasteiger partial charge in [0.05, 0.1) is 10.7 Å². The zero-order chi connectivity index (χ0) is 9.42. The van der Waals surface area contributed by atoms with Gasteiger partial charge in [0, 0.05) is 5.39 Å². The minimum absolute atomic E-state index is 0.00889. The van der Waals surface area contributed by atoms with Crippen molar-refractivity contribution in [2.45, 2.75) is 0 Å². The van der Waals surface area contributed by atoms with E-state index in [1.54, 1.807) is 0 Å². The van der Waals surface area contributed by atoms with Gasteiger partial charge in [-0.25, -0.2) is 9.78 Å². The molecule has 0 unspecified atom stereocenters. The monoisotopic (exact) mass is 241 g/mol. The Hall–Kier alpha value is -1.36. The van der Waals surface area contributed by atoms with Crippen LogP contribution in [0.25, 0.3) is 11.0 Å². The van der Waals surface area contributed by atoms with Crippen LogP contribution in [-0.2, 0) is 0 Å². The zero-order valence-electron chi connectivity index (χ0n) is 6.32. The number of carboxylic acid groups (broad SMARTS) is 1. The molecule has 0 amide bonds. The number of carboxylic acids is 1. The van der Waals surface area contributed by atoms with Crippen molar-refractivity contribution in [3.05, 3.63) is 28.7 Å². The molecule has 1 N–H and O–H groups in total. The minimum atomic E-state index is -1.05. The maximum atomic E-state index is 10.6. The second kappa shape index (κ2) is 2.85. The van der Waals surface area contributed by atoms with Gasteiger partial charge in [0.15, 0.2) is 5.58 Å². The highest BCUT2D eigenvalue weighted by atomic mass is 79.9. The molecule has 0 aliphatic carbocycles. The van der Waals surface area contributed by atoms with Gasteiger partial charge in [-0.05, 0) is 22.0 Å². The Morgan fingerprint density at radius 1 is 1.62 bits per heavy atom. The Kier molecular flexibility index (Phi) is 1.81. The highest BCUT2D eigenvalue weighted by Gasteiger charge is 2.09. The fraction of sp³-hybridized carbons (Fsp3) is 0. The van der Waals surface area contributed by atoms with Crippen molar-refractivity contribution < 1.29 is 14.3 Å². The van der Waals surface area contributed by atoms with Crippen molar-refractivity contribution in [2.24, 2.45) is 0 Å². The number of aromatic nitrogens is 1. The smallest absolute Gasteiger partial charge is 0.354 e. The van der Waals surface area contributed by atoms with E-state index in [1.165, 1.54) is 18.5 Å². The quantitative estimate of drug-likeness (QED) is 0.833. The van der Waals surface area contributed by atoms with Crippen molar-refractivity contribution >= 4 is 32.9 Å². The van der Waals surface area contributed by atoms with Crippen LogP contribution in [0.15, 0.2) is 27.4 Å². The lowest BCUT2D eigenvalue weighted by Crippen LogP contribution is -1.98. The van der Waals surface area contributed by atoms with Crippen molar-refractivity contribution in [1.82, 2.24) is 4.98 Å². The number of carbonyl (C=O) groups is 1. The highest BCUT2D eigenvalue weighted by Crippen LogP contribution is 2.25. The fourth-order valence-corrected chi connectivity index (χ4v) is 1.42. The molecule has 2 rings (SSSR count). The summed E-state index contributed by atoms with van der Waals surface area (Å²) in [7, 11) is 0. The van der Waals surface area contributed by atoms with Crippen LogP contribution in [0.4, 0.5) is 0 Å². The molecule has 0 radical (unpaired) electrons.